The first kappa shape index (κ1) is 9.12. The fraction of sp³-hybridized carbons (Fsp3) is 0.300. The zero-order valence-corrected chi connectivity index (χ0v) is 7.21. The molecule has 74 valence electrons. The Morgan fingerprint density at radius 2 is 2.07 bits per heavy atom. The number of carboxylic acid groups (broad SMARTS) is 1. The minimum Gasteiger partial charge on any atom is -0.481 e. The lowest BCUT2D eigenvalue weighted by Crippen LogP contribution is -1.99. The van der Waals surface area contributed by atoms with Crippen LogP contribution in [0.5, 0.6) is 0 Å². The molecule has 14 heavy (non-hydrogen) atoms. The highest BCUT2D eigenvalue weighted by molar-refractivity contribution is 5.75. The van der Waals surface area contributed by atoms with Gasteiger partial charge in [-0.15, -0.1) is 0 Å². The standard InChI is InChI=1S/C10H8F2O2/c11-8-2-1-5(3-9(8)12)6-4-7(6)10(13)14/h1-3,6-7H,4H2,(H,13,14)/t6-,7+/m1/s1. The molecule has 1 aromatic carbocycles. The van der Waals surface area contributed by atoms with Gasteiger partial charge in [-0.25, -0.2) is 8.78 Å². The quantitative estimate of drug-likeness (QED) is 0.790. The van der Waals surface area contributed by atoms with Crippen LogP contribution in [0.15, 0.2) is 18.2 Å². The minimum atomic E-state index is -0.918. The molecule has 0 aromatic heterocycles. The number of hydrogen-bond donors (Lipinski definition) is 1. The van der Waals surface area contributed by atoms with Crippen molar-refractivity contribution in [3.05, 3.63) is 35.4 Å². The average Bonchev–Trinajstić information content (AvgIpc) is 2.89. The molecule has 1 saturated carbocycles. The number of rotatable bonds is 2. The summed E-state index contributed by atoms with van der Waals surface area (Å²) in [4.78, 5) is 10.5. The molecule has 4 heteroatoms. The summed E-state index contributed by atoms with van der Waals surface area (Å²) in [5.74, 6) is -3.28. The van der Waals surface area contributed by atoms with E-state index < -0.39 is 23.5 Å². The summed E-state index contributed by atoms with van der Waals surface area (Å²) in [7, 11) is 0. The van der Waals surface area contributed by atoms with E-state index in [9.17, 15) is 13.6 Å². The number of benzene rings is 1. The van der Waals surface area contributed by atoms with Gasteiger partial charge in [-0.05, 0) is 30.0 Å². The second-order valence-electron chi connectivity index (χ2n) is 3.46. The number of aliphatic carboxylic acids is 1. The predicted octanol–water partition coefficient (Wildman–Crippen LogP) is 2.15. The molecule has 0 bridgehead atoms. The van der Waals surface area contributed by atoms with E-state index in [1.807, 2.05) is 0 Å². The van der Waals surface area contributed by atoms with Crippen LogP contribution in [-0.4, -0.2) is 11.1 Å². The molecule has 1 fully saturated rings. The van der Waals surface area contributed by atoms with Gasteiger partial charge in [-0.2, -0.15) is 0 Å². The van der Waals surface area contributed by atoms with E-state index in [0.717, 1.165) is 12.1 Å². The highest BCUT2D eigenvalue weighted by Gasteiger charge is 2.44. The average molecular weight is 198 g/mol. The molecule has 1 aromatic rings. The van der Waals surface area contributed by atoms with E-state index in [2.05, 4.69) is 0 Å². The summed E-state index contributed by atoms with van der Waals surface area (Å²) in [6, 6.07) is 3.54. The molecule has 1 aliphatic carbocycles. The van der Waals surface area contributed by atoms with Gasteiger partial charge in [-0.3, -0.25) is 4.79 Å². The highest BCUT2D eigenvalue weighted by Crippen LogP contribution is 2.47. The maximum absolute atomic E-state index is 12.8. The third-order valence-corrected chi connectivity index (χ3v) is 2.48. The zero-order chi connectivity index (χ0) is 10.3. The molecule has 0 amide bonds. The van der Waals surface area contributed by atoms with Crippen molar-refractivity contribution in [2.75, 3.05) is 0 Å². The summed E-state index contributed by atoms with van der Waals surface area (Å²) in [6.07, 6.45) is 0.514. The van der Waals surface area contributed by atoms with Gasteiger partial charge in [0.25, 0.3) is 0 Å². The first-order valence-electron chi connectivity index (χ1n) is 4.27. The van der Waals surface area contributed by atoms with Crippen molar-refractivity contribution in [3.63, 3.8) is 0 Å². The topological polar surface area (TPSA) is 37.3 Å². The van der Waals surface area contributed by atoms with Crippen molar-refractivity contribution >= 4 is 5.97 Å². The third-order valence-electron chi connectivity index (χ3n) is 2.48. The molecular formula is C10H8F2O2. The SMILES string of the molecule is O=C(O)[C@H]1C[C@@H]1c1ccc(F)c(F)c1. The molecule has 0 heterocycles. The first-order chi connectivity index (χ1) is 6.59. The molecule has 2 atom stereocenters. The van der Waals surface area contributed by atoms with E-state index in [1.165, 1.54) is 6.07 Å². The summed E-state index contributed by atoms with van der Waals surface area (Å²) in [6.45, 7) is 0. The predicted molar refractivity (Wildman–Crippen MR) is 44.8 cm³/mol. The van der Waals surface area contributed by atoms with Crippen LogP contribution in [0.3, 0.4) is 0 Å². The van der Waals surface area contributed by atoms with Gasteiger partial charge in [0.1, 0.15) is 0 Å². The van der Waals surface area contributed by atoms with E-state index in [4.69, 9.17) is 5.11 Å². The normalized spacial score (nSPS) is 24.7. The van der Waals surface area contributed by atoms with Gasteiger partial charge in [-0.1, -0.05) is 6.07 Å². The Morgan fingerprint density at radius 3 is 2.57 bits per heavy atom. The molecule has 0 saturated heterocycles. The Hall–Kier alpha value is -1.45. The van der Waals surface area contributed by atoms with E-state index in [-0.39, 0.29) is 5.92 Å². The molecule has 2 nitrogen and oxygen atoms in total. The Balaban J connectivity index is 2.20. The van der Waals surface area contributed by atoms with Gasteiger partial charge in [0.15, 0.2) is 11.6 Å². The monoisotopic (exact) mass is 198 g/mol. The van der Waals surface area contributed by atoms with Gasteiger partial charge in [0.05, 0.1) is 5.92 Å². The molecular weight excluding hydrogens is 190 g/mol. The minimum absolute atomic E-state index is 0.150. The van der Waals surface area contributed by atoms with Gasteiger partial charge in [0.2, 0.25) is 0 Å². The molecule has 0 unspecified atom stereocenters. The van der Waals surface area contributed by atoms with Crippen molar-refractivity contribution in [2.24, 2.45) is 5.92 Å². The van der Waals surface area contributed by atoms with Crippen molar-refractivity contribution in [2.45, 2.75) is 12.3 Å². The maximum Gasteiger partial charge on any atom is 0.307 e. The second kappa shape index (κ2) is 3.04. The number of halogens is 2. The van der Waals surface area contributed by atoms with E-state index in [1.54, 1.807) is 0 Å². The van der Waals surface area contributed by atoms with Crippen LogP contribution in [0.4, 0.5) is 8.78 Å². The van der Waals surface area contributed by atoms with Crippen LogP contribution in [0.25, 0.3) is 0 Å². The first-order valence-corrected chi connectivity index (χ1v) is 4.27. The van der Waals surface area contributed by atoms with Gasteiger partial charge in [0, 0.05) is 0 Å². The van der Waals surface area contributed by atoms with Crippen molar-refractivity contribution in [1.82, 2.24) is 0 Å². The largest absolute Gasteiger partial charge is 0.481 e. The Kier molecular flexibility index (Phi) is 1.98. The number of carboxylic acids is 1. The molecule has 0 aliphatic heterocycles. The van der Waals surface area contributed by atoms with E-state index in [0.29, 0.717) is 12.0 Å². The Bertz CT molecular complexity index is 390. The van der Waals surface area contributed by atoms with Crippen molar-refractivity contribution in [1.29, 1.82) is 0 Å². The summed E-state index contributed by atoms with van der Waals surface area (Å²) in [5.41, 5.74) is 0.566. The molecule has 1 N–H and O–H groups in total. The number of hydrogen-bond acceptors (Lipinski definition) is 1. The molecule has 2 rings (SSSR count). The Morgan fingerprint density at radius 1 is 1.36 bits per heavy atom. The summed E-state index contributed by atoms with van der Waals surface area (Å²) < 4.78 is 25.3. The fourth-order valence-corrected chi connectivity index (χ4v) is 1.58. The van der Waals surface area contributed by atoms with Crippen LogP contribution in [-0.2, 0) is 4.79 Å². The summed E-state index contributed by atoms with van der Waals surface area (Å²) in [5, 5.41) is 8.64. The highest BCUT2D eigenvalue weighted by atomic mass is 19.2. The van der Waals surface area contributed by atoms with Crippen LogP contribution in [0.1, 0.15) is 17.9 Å². The molecule has 1 aliphatic rings. The van der Waals surface area contributed by atoms with Crippen LogP contribution < -0.4 is 0 Å². The maximum atomic E-state index is 12.8. The zero-order valence-electron chi connectivity index (χ0n) is 7.21. The summed E-state index contributed by atoms with van der Waals surface area (Å²) >= 11 is 0. The fourth-order valence-electron chi connectivity index (χ4n) is 1.58. The van der Waals surface area contributed by atoms with Crippen LogP contribution in [0, 0.1) is 17.6 Å². The van der Waals surface area contributed by atoms with Crippen molar-refractivity contribution in [3.8, 4) is 0 Å². The molecule has 0 spiro atoms. The molecule has 0 radical (unpaired) electrons. The van der Waals surface area contributed by atoms with Crippen LogP contribution >= 0.6 is 0 Å². The van der Waals surface area contributed by atoms with E-state index >= 15 is 0 Å². The number of carbonyl (C=O) groups is 1. The van der Waals surface area contributed by atoms with Gasteiger partial charge >= 0.3 is 5.97 Å². The third kappa shape index (κ3) is 1.47. The lowest BCUT2D eigenvalue weighted by Gasteiger charge is -1.99. The Labute approximate surface area is 79.2 Å². The van der Waals surface area contributed by atoms with Crippen molar-refractivity contribution < 1.29 is 18.7 Å². The van der Waals surface area contributed by atoms with Gasteiger partial charge < -0.3 is 5.11 Å². The second-order valence-corrected chi connectivity index (χ2v) is 3.46. The lowest BCUT2D eigenvalue weighted by atomic mass is 10.1. The van der Waals surface area contributed by atoms with Crippen LogP contribution in [0.2, 0.25) is 0 Å². The lowest BCUT2D eigenvalue weighted by molar-refractivity contribution is -0.138. The smallest absolute Gasteiger partial charge is 0.307 e.